The monoisotopic (exact) mass is 412 g/mol. The van der Waals surface area contributed by atoms with Crippen molar-refractivity contribution in [3.05, 3.63) is 65.7 Å². The lowest BCUT2D eigenvalue weighted by Crippen LogP contribution is -2.35. The van der Waals surface area contributed by atoms with Gasteiger partial charge in [-0.15, -0.1) is 12.8 Å². The predicted octanol–water partition coefficient (Wildman–Crippen LogP) is 5.37. The van der Waals surface area contributed by atoms with Gasteiger partial charge in [0, 0.05) is 24.3 Å². The highest BCUT2D eigenvalue weighted by Crippen LogP contribution is 2.27. The van der Waals surface area contributed by atoms with Gasteiger partial charge in [-0.05, 0) is 48.6 Å². The lowest BCUT2D eigenvalue weighted by molar-refractivity contribution is 0.0982. The molecule has 3 rings (SSSR count). The van der Waals surface area contributed by atoms with Crippen molar-refractivity contribution in [3.8, 4) is 24.7 Å². The standard InChI is InChI=1S/C28H32N2O/c1-3-20-29(21-4-2)22-25-16-18-26(19-17-25)28(31)30(27-14-10-7-11-15-27)23-24-12-8-5-6-9-13-24/h1-2,7,10-11,14-19,24H,5-6,8-9,12-13,20-23H2. The molecule has 0 radical (unpaired) electrons. The topological polar surface area (TPSA) is 23.6 Å². The van der Waals surface area contributed by atoms with E-state index in [0.717, 1.165) is 17.8 Å². The number of benzene rings is 2. The maximum Gasteiger partial charge on any atom is 0.258 e. The smallest absolute Gasteiger partial charge is 0.258 e. The van der Waals surface area contributed by atoms with Crippen LogP contribution in [-0.4, -0.2) is 30.4 Å². The minimum absolute atomic E-state index is 0.0612. The molecule has 3 nitrogen and oxygen atoms in total. The van der Waals surface area contributed by atoms with Crippen LogP contribution in [0, 0.1) is 30.6 Å². The number of nitrogens with zero attached hydrogens (tertiary/aromatic N) is 2. The summed E-state index contributed by atoms with van der Waals surface area (Å²) in [4.78, 5) is 17.5. The first-order valence-corrected chi connectivity index (χ1v) is 11.3. The molecule has 2 aromatic rings. The van der Waals surface area contributed by atoms with Crippen molar-refractivity contribution in [2.45, 2.75) is 45.1 Å². The van der Waals surface area contributed by atoms with Gasteiger partial charge in [0.15, 0.2) is 0 Å². The molecule has 0 aliphatic heterocycles. The molecule has 0 atom stereocenters. The Morgan fingerprint density at radius 1 is 0.871 bits per heavy atom. The van der Waals surface area contributed by atoms with Gasteiger partial charge in [0.05, 0.1) is 13.1 Å². The van der Waals surface area contributed by atoms with Gasteiger partial charge >= 0.3 is 0 Å². The van der Waals surface area contributed by atoms with E-state index in [-0.39, 0.29) is 5.91 Å². The molecule has 0 spiro atoms. The molecule has 1 aliphatic carbocycles. The highest BCUT2D eigenvalue weighted by atomic mass is 16.2. The molecule has 2 aromatic carbocycles. The molecule has 0 unspecified atom stereocenters. The second-order valence-electron chi connectivity index (χ2n) is 8.36. The number of para-hydroxylation sites is 1. The number of anilines is 1. The summed E-state index contributed by atoms with van der Waals surface area (Å²) in [5.74, 6) is 5.92. The van der Waals surface area contributed by atoms with E-state index in [9.17, 15) is 4.79 Å². The minimum Gasteiger partial charge on any atom is -0.308 e. The molecule has 3 heteroatoms. The van der Waals surface area contributed by atoms with E-state index in [1.54, 1.807) is 0 Å². The van der Waals surface area contributed by atoms with E-state index in [2.05, 4.69) is 11.8 Å². The van der Waals surface area contributed by atoms with Gasteiger partial charge in [0.25, 0.3) is 5.91 Å². The summed E-state index contributed by atoms with van der Waals surface area (Å²) in [6, 6.07) is 17.9. The average molecular weight is 413 g/mol. The zero-order valence-corrected chi connectivity index (χ0v) is 18.3. The molecule has 0 saturated heterocycles. The summed E-state index contributed by atoms with van der Waals surface area (Å²) in [6.45, 7) is 2.47. The molecule has 0 heterocycles. The number of hydrogen-bond donors (Lipinski definition) is 0. The fraction of sp³-hybridized carbons (Fsp3) is 0.393. The Kier molecular flexibility index (Phi) is 8.77. The van der Waals surface area contributed by atoms with E-state index < -0.39 is 0 Å². The number of amides is 1. The third-order valence-electron chi connectivity index (χ3n) is 5.97. The number of hydrogen-bond acceptors (Lipinski definition) is 2. The second-order valence-corrected chi connectivity index (χ2v) is 8.36. The number of terminal acetylenes is 2. The summed E-state index contributed by atoms with van der Waals surface area (Å²) in [6.07, 6.45) is 18.4. The molecule has 0 bridgehead atoms. The van der Waals surface area contributed by atoms with E-state index in [1.807, 2.05) is 64.4 Å². The average Bonchev–Trinajstić information content (AvgIpc) is 3.07. The van der Waals surface area contributed by atoms with E-state index in [1.165, 1.54) is 38.5 Å². The summed E-state index contributed by atoms with van der Waals surface area (Å²) in [5.41, 5.74) is 2.77. The lowest BCUT2D eigenvalue weighted by atomic mass is 9.98. The molecular formula is C28H32N2O. The maximum atomic E-state index is 13.5. The van der Waals surface area contributed by atoms with Gasteiger partial charge < -0.3 is 4.90 Å². The molecule has 1 fully saturated rings. The molecular weight excluding hydrogens is 380 g/mol. The van der Waals surface area contributed by atoms with Crippen molar-refractivity contribution in [3.63, 3.8) is 0 Å². The van der Waals surface area contributed by atoms with Crippen LogP contribution in [0.2, 0.25) is 0 Å². The van der Waals surface area contributed by atoms with Crippen LogP contribution in [0.5, 0.6) is 0 Å². The third-order valence-corrected chi connectivity index (χ3v) is 5.97. The van der Waals surface area contributed by atoms with E-state index in [0.29, 0.717) is 31.1 Å². The first-order valence-electron chi connectivity index (χ1n) is 11.3. The molecule has 31 heavy (non-hydrogen) atoms. The summed E-state index contributed by atoms with van der Waals surface area (Å²) < 4.78 is 0. The molecule has 160 valence electrons. The summed E-state index contributed by atoms with van der Waals surface area (Å²) in [5, 5.41) is 0. The van der Waals surface area contributed by atoms with Gasteiger partial charge in [-0.25, -0.2) is 0 Å². The van der Waals surface area contributed by atoms with Crippen molar-refractivity contribution in [1.29, 1.82) is 0 Å². The van der Waals surface area contributed by atoms with Crippen molar-refractivity contribution < 1.29 is 4.79 Å². The zero-order valence-electron chi connectivity index (χ0n) is 18.3. The van der Waals surface area contributed by atoms with Gasteiger partial charge in [-0.3, -0.25) is 9.69 Å². The SMILES string of the molecule is C#CCN(CC#C)Cc1ccc(C(=O)N(CC2CCCCCC2)c2ccccc2)cc1. The maximum absolute atomic E-state index is 13.5. The highest BCUT2D eigenvalue weighted by molar-refractivity contribution is 6.06. The van der Waals surface area contributed by atoms with Gasteiger partial charge in [0.1, 0.15) is 0 Å². The largest absolute Gasteiger partial charge is 0.308 e. The number of carbonyl (C=O) groups is 1. The lowest BCUT2D eigenvalue weighted by Gasteiger charge is -2.27. The van der Waals surface area contributed by atoms with Gasteiger partial charge in [-0.1, -0.05) is 67.9 Å². The Morgan fingerprint density at radius 3 is 2.06 bits per heavy atom. The van der Waals surface area contributed by atoms with Crippen LogP contribution in [0.25, 0.3) is 0 Å². The quantitative estimate of drug-likeness (QED) is 0.430. The van der Waals surface area contributed by atoms with Crippen LogP contribution >= 0.6 is 0 Å². The Bertz CT molecular complexity index is 881. The molecule has 0 aromatic heterocycles. The van der Waals surface area contributed by atoms with E-state index in [4.69, 9.17) is 12.8 Å². The predicted molar refractivity (Wildman–Crippen MR) is 129 cm³/mol. The van der Waals surface area contributed by atoms with Crippen LogP contribution in [0.3, 0.4) is 0 Å². The fourth-order valence-corrected chi connectivity index (χ4v) is 4.31. The highest BCUT2D eigenvalue weighted by Gasteiger charge is 2.23. The first-order chi connectivity index (χ1) is 15.2. The third kappa shape index (κ3) is 6.74. The number of carbonyl (C=O) groups excluding carboxylic acids is 1. The van der Waals surface area contributed by atoms with Gasteiger partial charge in [-0.2, -0.15) is 0 Å². The Balaban J connectivity index is 1.76. The molecule has 1 aliphatic rings. The second kappa shape index (κ2) is 12.0. The molecule has 0 N–H and O–H groups in total. The molecule has 1 amide bonds. The first kappa shape index (κ1) is 22.7. The summed E-state index contributed by atoms with van der Waals surface area (Å²) >= 11 is 0. The van der Waals surface area contributed by atoms with Crippen LogP contribution in [-0.2, 0) is 6.54 Å². The van der Waals surface area contributed by atoms with Gasteiger partial charge in [0.2, 0.25) is 0 Å². The Hall–Kier alpha value is -3.01. The fourth-order valence-electron chi connectivity index (χ4n) is 4.31. The Morgan fingerprint density at radius 2 is 1.48 bits per heavy atom. The van der Waals surface area contributed by atoms with Crippen molar-refractivity contribution >= 4 is 11.6 Å². The minimum atomic E-state index is 0.0612. The van der Waals surface area contributed by atoms with Crippen LogP contribution in [0.15, 0.2) is 54.6 Å². The van der Waals surface area contributed by atoms with Crippen molar-refractivity contribution in [2.24, 2.45) is 5.92 Å². The van der Waals surface area contributed by atoms with Crippen LogP contribution in [0.4, 0.5) is 5.69 Å². The van der Waals surface area contributed by atoms with Crippen molar-refractivity contribution in [1.82, 2.24) is 4.90 Å². The number of rotatable bonds is 8. The Labute approximate surface area is 187 Å². The normalized spacial score (nSPS) is 14.4. The summed E-state index contributed by atoms with van der Waals surface area (Å²) in [7, 11) is 0. The van der Waals surface area contributed by atoms with Crippen LogP contribution < -0.4 is 4.90 Å². The molecule has 1 saturated carbocycles. The zero-order chi connectivity index (χ0) is 21.9. The van der Waals surface area contributed by atoms with E-state index >= 15 is 0 Å². The van der Waals surface area contributed by atoms with Crippen molar-refractivity contribution in [2.75, 3.05) is 24.5 Å². The van der Waals surface area contributed by atoms with Crippen LogP contribution in [0.1, 0.15) is 54.4 Å².